The van der Waals surface area contributed by atoms with Crippen LogP contribution in [0.3, 0.4) is 0 Å². The van der Waals surface area contributed by atoms with E-state index in [0.29, 0.717) is 6.42 Å². The van der Waals surface area contributed by atoms with Crippen LogP contribution in [0.2, 0.25) is 0 Å². The molecular formula is C5H7O3. The number of carboxylic acids is 1. The van der Waals surface area contributed by atoms with Gasteiger partial charge in [0.2, 0.25) is 0 Å². The summed E-state index contributed by atoms with van der Waals surface area (Å²) in [5, 5.41) is 17.6. The van der Waals surface area contributed by atoms with Gasteiger partial charge >= 0.3 is 5.97 Å². The molecule has 0 heterocycles. The minimum Gasteiger partial charge on any atom is -0.478 e. The van der Waals surface area contributed by atoms with Gasteiger partial charge in [0, 0.05) is 6.08 Å². The highest BCUT2D eigenvalue weighted by molar-refractivity contribution is 5.79. The average Bonchev–Trinajstić information content (AvgIpc) is 1.66. The summed E-state index contributed by atoms with van der Waals surface area (Å²) in [6.07, 6.45) is 2.61. The van der Waals surface area contributed by atoms with Crippen LogP contribution in [0.25, 0.3) is 0 Å². The summed E-state index contributed by atoms with van der Waals surface area (Å²) in [6.45, 7) is -0.246. The second-order valence-electron chi connectivity index (χ2n) is 1.23. The Morgan fingerprint density at radius 1 is 1.62 bits per heavy atom. The molecule has 45 valence electrons. The lowest BCUT2D eigenvalue weighted by Gasteiger charge is -1.77. The van der Waals surface area contributed by atoms with E-state index < -0.39 is 5.97 Å². The Morgan fingerprint density at radius 2 is 2.25 bits per heavy atom. The molecule has 0 saturated heterocycles. The average molecular weight is 115 g/mol. The summed E-state index contributed by atoms with van der Waals surface area (Å²) in [6, 6.07) is 0. The van der Waals surface area contributed by atoms with Crippen LogP contribution >= 0.6 is 0 Å². The van der Waals surface area contributed by atoms with Gasteiger partial charge in [-0.2, -0.15) is 0 Å². The Kier molecular flexibility index (Phi) is 3.88. The van der Waals surface area contributed by atoms with Crippen LogP contribution in [0.15, 0.2) is 12.2 Å². The molecule has 3 heteroatoms. The Labute approximate surface area is 47.3 Å². The minimum atomic E-state index is -1.00. The van der Waals surface area contributed by atoms with Gasteiger partial charge in [0.05, 0.1) is 6.61 Å². The van der Waals surface area contributed by atoms with E-state index in [0.717, 1.165) is 6.08 Å². The molecule has 0 rings (SSSR count). The van der Waals surface area contributed by atoms with Crippen molar-refractivity contribution in [3.05, 3.63) is 12.2 Å². The molecule has 0 saturated carbocycles. The van der Waals surface area contributed by atoms with Crippen LogP contribution in [0, 0.1) is 0 Å². The maximum Gasteiger partial charge on any atom is 0.327 e. The molecular weight excluding hydrogens is 108 g/mol. The van der Waals surface area contributed by atoms with Crippen molar-refractivity contribution in [2.75, 3.05) is 6.61 Å². The lowest BCUT2D eigenvalue weighted by atomic mass is 10.4. The third-order valence-electron chi connectivity index (χ3n) is 0.545. The zero-order valence-electron chi connectivity index (χ0n) is 4.33. The molecule has 1 radical (unpaired) electrons. The highest BCUT2D eigenvalue weighted by atomic mass is 16.4. The number of rotatable bonds is 3. The van der Waals surface area contributed by atoms with E-state index in [1.165, 1.54) is 6.08 Å². The van der Waals surface area contributed by atoms with Gasteiger partial charge in [-0.05, 0) is 6.42 Å². The Morgan fingerprint density at radius 3 is 2.62 bits per heavy atom. The van der Waals surface area contributed by atoms with E-state index in [9.17, 15) is 9.90 Å². The molecule has 0 amide bonds. The first-order valence-electron chi connectivity index (χ1n) is 2.25. The van der Waals surface area contributed by atoms with Crippen LogP contribution in [0.5, 0.6) is 0 Å². The number of aliphatic carboxylic acids is 1. The normalized spacial score (nSPS) is 10.1. The van der Waals surface area contributed by atoms with Crippen LogP contribution in [0.4, 0.5) is 0 Å². The lowest BCUT2D eigenvalue weighted by Crippen LogP contribution is -1.86. The van der Waals surface area contributed by atoms with Crippen LogP contribution in [-0.4, -0.2) is 17.7 Å². The monoisotopic (exact) mass is 115 g/mol. The second kappa shape index (κ2) is 4.33. The molecule has 1 N–H and O–H groups in total. The maximum absolute atomic E-state index is 9.69. The number of hydrogen-bond donors (Lipinski definition) is 1. The number of hydrogen-bond acceptors (Lipinski definition) is 1. The van der Waals surface area contributed by atoms with Crippen LogP contribution in [0.1, 0.15) is 6.42 Å². The van der Waals surface area contributed by atoms with E-state index in [4.69, 9.17) is 5.11 Å². The zero-order chi connectivity index (χ0) is 6.41. The molecule has 8 heavy (non-hydrogen) atoms. The van der Waals surface area contributed by atoms with Gasteiger partial charge in [0.1, 0.15) is 0 Å². The van der Waals surface area contributed by atoms with Gasteiger partial charge < -0.3 is 5.11 Å². The van der Waals surface area contributed by atoms with Gasteiger partial charge in [-0.3, -0.25) is 0 Å². The van der Waals surface area contributed by atoms with Gasteiger partial charge in [-0.1, -0.05) is 6.08 Å². The van der Waals surface area contributed by atoms with Crippen molar-refractivity contribution >= 4 is 5.97 Å². The lowest BCUT2D eigenvalue weighted by molar-refractivity contribution is -0.131. The molecule has 0 aliphatic rings. The smallest absolute Gasteiger partial charge is 0.327 e. The fourth-order valence-electron chi connectivity index (χ4n) is 0.252. The molecule has 0 unspecified atom stereocenters. The first kappa shape index (κ1) is 7.17. The SMILES string of the molecule is [O]CCC=CC(=O)O. The predicted octanol–water partition coefficient (Wildman–Crippen LogP) is 0.448. The summed E-state index contributed by atoms with van der Waals surface area (Å²) in [4.78, 5) is 9.69. The van der Waals surface area contributed by atoms with Crippen molar-refractivity contribution in [3.63, 3.8) is 0 Å². The highest BCUT2D eigenvalue weighted by Crippen LogP contribution is 1.79. The summed E-state index contributed by atoms with van der Waals surface area (Å²) in [5.41, 5.74) is 0. The molecule has 0 aromatic heterocycles. The fourth-order valence-corrected chi connectivity index (χ4v) is 0.252. The molecule has 0 fully saturated rings. The summed E-state index contributed by atoms with van der Waals surface area (Å²) < 4.78 is 0. The van der Waals surface area contributed by atoms with Gasteiger partial charge in [-0.15, -0.1) is 0 Å². The Bertz CT molecular complexity index is 95.8. The van der Waals surface area contributed by atoms with E-state index >= 15 is 0 Å². The second-order valence-corrected chi connectivity index (χ2v) is 1.23. The standard InChI is InChI=1S/C5H7O3/c6-4-2-1-3-5(7)8/h1,3H,2,4H2,(H,7,8). The third kappa shape index (κ3) is 5.17. The van der Waals surface area contributed by atoms with E-state index in [1.54, 1.807) is 0 Å². The quantitative estimate of drug-likeness (QED) is 0.543. The van der Waals surface area contributed by atoms with E-state index in [1.807, 2.05) is 0 Å². The molecule has 0 bridgehead atoms. The van der Waals surface area contributed by atoms with Gasteiger partial charge in [0.15, 0.2) is 0 Å². The van der Waals surface area contributed by atoms with Crippen LogP contribution < -0.4 is 0 Å². The Balaban J connectivity index is 3.20. The first-order valence-corrected chi connectivity index (χ1v) is 2.25. The summed E-state index contributed by atoms with van der Waals surface area (Å²) in [7, 11) is 0. The zero-order valence-corrected chi connectivity index (χ0v) is 4.33. The highest BCUT2D eigenvalue weighted by Gasteiger charge is 1.82. The third-order valence-corrected chi connectivity index (χ3v) is 0.545. The topological polar surface area (TPSA) is 57.2 Å². The van der Waals surface area contributed by atoms with Crippen molar-refractivity contribution in [1.29, 1.82) is 0 Å². The van der Waals surface area contributed by atoms with Crippen molar-refractivity contribution in [3.8, 4) is 0 Å². The van der Waals surface area contributed by atoms with Crippen molar-refractivity contribution < 1.29 is 15.0 Å². The van der Waals surface area contributed by atoms with Crippen LogP contribution in [-0.2, 0) is 9.90 Å². The molecule has 0 spiro atoms. The molecule has 0 aliphatic heterocycles. The first-order chi connectivity index (χ1) is 3.77. The van der Waals surface area contributed by atoms with E-state index in [2.05, 4.69) is 0 Å². The predicted molar refractivity (Wildman–Crippen MR) is 26.9 cm³/mol. The molecule has 0 aromatic rings. The minimum absolute atomic E-state index is 0.246. The van der Waals surface area contributed by atoms with Gasteiger partial charge in [0.25, 0.3) is 0 Å². The van der Waals surface area contributed by atoms with E-state index in [-0.39, 0.29) is 6.61 Å². The summed E-state index contributed by atoms with van der Waals surface area (Å²) >= 11 is 0. The Hall–Kier alpha value is -0.830. The van der Waals surface area contributed by atoms with Gasteiger partial charge in [-0.25, -0.2) is 9.90 Å². The largest absolute Gasteiger partial charge is 0.478 e. The number of carboxylic acid groups (broad SMARTS) is 1. The molecule has 0 aliphatic carbocycles. The number of carbonyl (C=O) groups is 1. The summed E-state index contributed by atoms with van der Waals surface area (Å²) in [5.74, 6) is -1.00. The molecule has 0 aromatic carbocycles. The van der Waals surface area contributed by atoms with Crippen molar-refractivity contribution in [2.45, 2.75) is 6.42 Å². The maximum atomic E-state index is 9.69. The van der Waals surface area contributed by atoms with Crippen molar-refractivity contribution in [1.82, 2.24) is 0 Å². The van der Waals surface area contributed by atoms with Crippen molar-refractivity contribution in [2.24, 2.45) is 0 Å². The molecule has 0 atom stereocenters. The fraction of sp³-hybridized carbons (Fsp3) is 0.400. The molecule has 3 nitrogen and oxygen atoms in total.